The molecule has 0 bridgehead atoms. The summed E-state index contributed by atoms with van der Waals surface area (Å²) in [7, 11) is 3.46. The number of benzene rings is 2. The first-order chi connectivity index (χ1) is 14.5. The first kappa shape index (κ1) is 19.5. The Kier molecular flexibility index (Phi) is 5.14. The molecule has 1 unspecified atom stereocenters. The highest BCUT2D eigenvalue weighted by atomic mass is 16.5. The van der Waals surface area contributed by atoms with Crippen LogP contribution in [0, 0.1) is 0 Å². The third kappa shape index (κ3) is 3.71. The number of carbonyl (C=O) groups is 3. The lowest BCUT2D eigenvalue weighted by Gasteiger charge is -2.15. The summed E-state index contributed by atoms with van der Waals surface area (Å²) in [6.45, 7) is 0.0803. The van der Waals surface area contributed by atoms with Crippen molar-refractivity contribution in [2.24, 2.45) is 7.05 Å². The lowest BCUT2D eigenvalue weighted by atomic mass is 10.1. The highest BCUT2D eigenvalue weighted by Crippen LogP contribution is 2.23. The van der Waals surface area contributed by atoms with Crippen molar-refractivity contribution in [3.63, 3.8) is 0 Å². The summed E-state index contributed by atoms with van der Waals surface area (Å²) < 4.78 is 7.24. The Hall–Kier alpha value is -3.81. The minimum atomic E-state index is -0.897. The Morgan fingerprint density at radius 2 is 1.97 bits per heavy atom. The minimum Gasteiger partial charge on any atom is -0.496 e. The van der Waals surface area contributed by atoms with E-state index in [0.29, 0.717) is 17.0 Å². The zero-order valence-electron chi connectivity index (χ0n) is 16.7. The number of nitrogens with one attached hydrogen (secondary N) is 2. The molecule has 0 aliphatic carbocycles. The Bertz CT molecular complexity index is 1140. The fraction of sp³-hybridized carbons (Fsp3) is 0.227. The maximum absolute atomic E-state index is 12.7. The van der Waals surface area contributed by atoms with Gasteiger partial charge in [0.25, 0.3) is 5.91 Å². The first-order valence-corrected chi connectivity index (χ1v) is 9.55. The molecule has 1 aliphatic rings. The average molecular weight is 406 g/mol. The number of aryl methyl sites for hydroxylation is 1. The van der Waals surface area contributed by atoms with E-state index in [-0.39, 0.29) is 18.9 Å². The third-order valence-electron chi connectivity index (χ3n) is 5.19. The van der Waals surface area contributed by atoms with Crippen molar-refractivity contribution in [2.75, 3.05) is 12.4 Å². The molecule has 8 heteroatoms. The van der Waals surface area contributed by atoms with Gasteiger partial charge < -0.3 is 19.9 Å². The van der Waals surface area contributed by atoms with Gasteiger partial charge >= 0.3 is 6.03 Å². The van der Waals surface area contributed by atoms with Crippen LogP contribution >= 0.6 is 0 Å². The molecule has 154 valence electrons. The topological polar surface area (TPSA) is 92.7 Å². The number of ether oxygens (including phenoxy) is 1. The number of carbonyl (C=O) groups excluding carboxylic acids is 3. The summed E-state index contributed by atoms with van der Waals surface area (Å²) in [6, 6.07) is 13.4. The van der Waals surface area contributed by atoms with Gasteiger partial charge in [0, 0.05) is 30.0 Å². The number of para-hydroxylation sites is 1. The molecule has 1 saturated heterocycles. The second kappa shape index (κ2) is 7.90. The van der Waals surface area contributed by atoms with E-state index >= 15 is 0 Å². The molecular weight excluding hydrogens is 384 g/mol. The van der Waals surface area contributed by atoms with E-state index in [1.807, 2.05) is 54.2 Å². The van der Waals surface area contributed by atoms with Gasteiger partial charge in [-0.25, -0.2) is 4.79 Å². The SMILES string of the molecule is COc1ccccc1CN1C(=O)NC(CC(=O)Nc2ccc3ccn(C)c3c2)C1=O. The molecule has 4 amide bonds. The molecule has 3 aromatic rings. The molecule has 4 rings (SSSR count). The number of hydrogen-bond donors (Lipinski definition) is 2. The normalized spacial score (nSPS) is 16.1. The number of aromatic nitrogens is 1. The third-order valence-corrected chi connectivity index (χ3v) is 5.19. The summed E-state index contributed by atoms with van der Waals surface area (Å²) in [6.07, 6.45) is 1.80. The van der Waals surface area contributed by atoms with Gasteiger partial charge in [0.1, 0.15) is 11.8 Å². The Balaban J connectivity index is 1.41. The van der Waals surface area contributed by atoms with E-state index < -0.39 is 18.0 Å². The molecule has 1 aromatic heterocycles. The van der Waals surface area contributed by atoms with Gasteiger partial charge in [0.2, 0.25) is 5.91 Å². The standard InChI is InChI=1S/C22H22N4O4/c1-25-10-9-14-7-8-16(11-18(14)25)23-20(27)12-17-21(28)26(22(29)24-17)13-15-5-3-4-6-19(15)30-2/h3-11,17H,12-13H2,1-2H3,(H,23,27)(H,24,29). The number of rotatable bonds is 6. The van der Waals surface area contributed by atoms with E-state index in [1.54, 1.807) is 12.1 Å². The molecule has 2 aromatic carbocycles. The van der Waals surface area contributed by atoms with Crippen LogP contribution in [0.5, 0.6) is 5.75 Å². The summed E-state index contributed by atoms with van der Waals surface area (Å²) in [5, 5.41) is 6.47. The summed E-state index contributed by atoms with van der Waals surface area (Å²) in [5.74, 6) is -0.185. The summed E-state index contributed by atoms with van der Waals surface area (Å²) >= 11 is 0. The van der Waals surface area contributed by atoms with Crippen molar-refractivity contribution in [1.82, 2.24) is 14.8 Å². The average Bonchev–Trinajstić information content (AvgIpc) is 3.22. The number of hydrogen-bond acceptors (Lipinski definition) is 4. The van der Waals surface area contributed by atoms with Crippen LogP contribution in [-0.2, 0) is 23.2 Å². The lowest BCUT2D eigenvalue weighted by Crippen LogP contribution is -2.34. The Morgan fingerprint density at radius 1 is 1.17 bits per heavy atom. The van der Waals surface area contributed by atoms with Crippen LogP contribution in [0.15, 0.2) is 54.7 Å². The number of nitrogens with zero attached hydrogens (tertiary/aromatic N) is 2. The molecule has 0 radical (unpaired) electrons. The van der Waals surface area contributed by atoms with Crippen molar-refractivity contribution in [3.8, 4) is 5.75 Å². The molecule has 8 nitrogen and oxygen atoms in total. The molecular formula is C22H22N4O4. The number of urea groups is 1. The zero-order valence-corrected chi connectivity index (χ0v) is 16.7. The van der Waals surface area contributed by atoms with Crippen molar-refractivity contribution >= 4 is 34.4 Å². The van der Waals surface area contributed by atoms with Crippen molar-refractivity contribution in [2.45, 2.75) is 19.0 Å². The van der Waals surface area contributed by atoms with E-state index in [2.05, 4.69) is 10.6 Å². The van der Waals surface area contributed by atoms with Gasteiger partial charge in [-0.2, -0.15) is 0 Å². The number of imide groups is 1. The van der Waals surface area contributed by atoms with Crippen molar-refractivity contribution in [3.05, 3.63) is 60.3 Å². The van der Waals surface area contributed by atoms with Crippen LogP contribution in [0.25, 0.3) is 10.9 Å². The number of methoxy groups -OCH3 is 1. The minimum absolute atomic E-state index is 0.0803. The Morgan fingerprint density at radius 3 is 2.77 bits per heavy atom. The quantitative estimate of drug-likeness (QED) is 0.616. The predicted molar refractivity (Wildman–Crippen MR) is 112 cm³/mol. The van der Waals surface area contributed by atoms with E-state index in [9.17, 15) is 14.4 Å². The fourth-order valence-corrected chi connectivity index (χ4v) is 3.61. The number of anilines is 1. The van der Waals surface area contributed by atoms with Crippen LogP contribution in [0.1, 0.15) is 12.0 Å². The second-order valence-corrected chi connectivity index (χ2v) is 7.19. The largest absolute Gasteiger partial charge is 0.496 e. The smallest absolute Gasteiger partial charge is 0.325 e. The monoisotopic (exact) mass is 406 g/mol. The maximum Gasteiger partial charge on any atom is 0.325 e. The van der Waals surface area contributed by atoms with Gasteiger partial charge in [-0.3, -0.25) is 14.5 Å². The molecule has 0 spiro atoms. The number of fused-ring (bicyclic) bond motifs is 1. The van der Waals surface area contributed by atoms with Gasteiger partial charge in [-0.1, -0.05) is 24.3 Å². The molecule has 1 atom stereocenters. The first-order valence-electron chi connectivity index (χ1n) is 9.55. The van der Waals surface area contributed by atoms with Crippen molar-refractivity contribution in [1.29, 1.82) is 0 Å². The zero-order chi connectivity index (χ0) is 21.3. The van der Waals surface area contributed by atoms with Crippen LogP contribution in [0.3, 0.4) is 0 Å². The maximum atomic E-state index is 12.7. The number of amides is 4. The molecule has 2 N–H and O–H groups in total. The molecule has 2 heterocycles. The van der Waals surface area contributed by atoms with Crippen LogP contribution in [0.2, 0.25) is 0 Å². The van der Waals surface area contributed by atoms with Gasteiger partial charge in [0.05, 0.1) is 20.1 Å². The fourth-order valence-electron chi connectivity index (χ4n) is 3.61. The van der Waals surface area contributed by atoms with Gasteiger partial charge in [-0.05, 0) is 29.7 Å². The molecule has 0 saturated carbocycles. The Labute approximate surface area is 173 Å². The molecule has 1 fully saturated rings. The van der Waals surface area contributed by atoms with Crippen LogP contribution in [-0.4, -0.2) is 40.5 Å². The lowest BCUT2D eigenvalue weighted by molar-refractivity contribution is -0.130. The van der Waals surface area contributed by atoms with E-state index in [1.165, 1.54) is 7.11 Å². The molecule has 30 heavy (non-hydrogen) atoms. The van der Waals surface area contributed by atoms with Gasteiger partial charge in [0.15, 0.2) is 0 Å². The predicted octanol–water partition coefficient (Wildman–Crippen LogP) is 2.64. The highest BCUT2D eigenvalue weighted by molar-refractivity contribution is 6.07. The van der Waals surface area contributed by atoms with E-state index in [0.717, 1.165) is 15.8 Å². The van der Waals surface area contributed by atoms with Crippen molar-refractivity contribution < 1.29 is 19.1 Å². The second-order valence-electron chi connectivity index (χ2n) is 7.19. The summed E-state index contributed by atoms with van der Waals surface area (Å²) in [5.41, 5.74) is 2.34. The van der Waals surface area contributed by atoms with Crippen LogP contribution in [0.4, 0.5) is 10.5 Å². The molecule has 1 aliphatic heterocycles. The van der Waals surface area contributed by atoms with E-state index in [4.69, 9.17) is 4.74 Å². The summed E-state index contributed by atoms with van der Waals surface area (Å²) in [4.78, 5) is 38.6. The van der Waals surface area contributed by atoms with Crippen LogP contribution < -0.4 is 15.4 Å². The highest BCUT2D eigenvalue weighted by Gasteiger charge is 2.39. The van der Waals surface area contributed by atoms with Gasteiger partial charge in [-0.15, -0.1) is 0 Å².